The van der Waals surface area contributed by atoms with Gasteiger partial charge in [0.15, 0.2) is 0 Å². The van der Waals surface area contributed by atoms with Crippen LogP contribution in [0.5, 0.6) is 0 Å². The Labute approximate surface area is 120 Å². The van der Waals surface area contributed by atoms with Gasteiger partial charge in [-0.1, -0.05) is 11.6 Å². The van der Waals surface area contributed by atoms with Crippen molar-refractivity contribution in [3.05, 3.63) is 32.5 Å². The Kier molecular flexibility index (Phi) is 4.57. The molecular formula is C12H16ClN3O2S. The molecule has 1 atom stereocenters. The normalized spacial score (nSPS) is 12.9. The highest BCUT2D eigenvalue weighted by Gasteiger charge is 2.23. The average molecular weight is 302 g/mol. The minimum absolute atomic E-state index is 0.453. The van der Waals surface area contributed by atoms with Gasteiger partial charge in [-0.05, 0) is 13.8 Å². The molecule has 2 rings (SSSR count). The van der Waals surface area contributed by atoms with Crippen LogP contribution < -0.4 is 0 Å². The second-order valence-corrected chi connectivity index (χ2v) is 5.82. The molecule has 0 bridgehead atoms. The number of hydrogen-bond donors (Lipinski definition) is 1. The second kappa shape index (κ2) is 6.00. The minimum atomic E-state index is -0.807. The summed E-state index contributed by atoms with van der Waals surface area (Å²) in [5, 5.41) is 16.1. The van der Waals surface area contributed by atoms with Crippen molar-refractivity contribution in [2.24, 2.45) is 0 Å². The van der Waals surface area contributed by atoms with Gasteiger partial charge in [0.05, 0.1) is 45.6 Å². The molecule has 1 N–H and O–H groups in total. The van der Waals surface area contributed by atoms with Crippen molar-refractivity contribution in [2.45, 2.75) is 26.5 Å². The van der Waals surface area contributed by atoms with Crippen LogP contribution in [0.15, 0.2) is 6.20 Å². The van der Waals surface area contributed by atoms with Gasteiger partial charge < -0.3 is 9.84 Å². The summed E-state index contributed by atoms with van der Waals surface area (Å²) in [7, 11) is 1.62. The van der Waals surface area contributed by atoms with E-state index in [-0.39, 0.29) is 0 Å². The van der Waals surface area contributed by atoms with Crippen molar-refractivity contribution in [3.63, 3.8) is 0 Å². The molecule has 0 aliphatic heterocycles. The number of aliphatic hydroxyl groups is 1. The standard InChI is InChI=1S/C12H16ClN3O2S/c1-7-12(19-8(2)15-7)11(17)10-9(13)6-14-16(10)4-5-18-3/h6,11,17H,4-5H2,1-3H3. The molecule has 0 spiro atoms. The summed E-state index contributed by atoms with van der Waals surface area (Å²) in [5.41, 5.74) is 1.41. The van der Waals surface area contributed by atoms with E-state index in [4.69, 9.17) is 16.3 Å². The van der Waals surface area contributed by atoms with Gasteiger partial charge in [0, 0.05) is 7.11 Å². The molecule has 2 aromatic heterocycles. The third-order valence-electron chi connectivity index (χ3n) is 2.79. The monoisotopic (exact) mass is 301 g/mol. The van der Waals surface area contributed by atoms with E-state index < -0.39 is 6.10 Å². The maximum Gasteiger partial charge on any atom is 0.133 e. The van der Waals surface area contributed by atoms with Crippen molar-refractivity contribution >= 4 is 22.9 Å². The van der Waals surface area contributed by atoms with Crippen LogP contribution in [0.4, 0.5) is 0 Å². The summed E-state index contributed by atoms with van der Waals surface area (Å²) in [4.78, 5) is 5.13. The first-order valence-electron chi connectivity index (χ1n) is 5.86. The lowest BCUT2D eigenvalue weighted by atomic mass is 10.2. The lowest BCUT2D eigenvalue weighted by molar-refractivity contribution is 0.172. The van der Waals surface area contributed by atoms with Gasteiger partial charge in [-0.15, -0.1) is 11.3 Å². The van der Waals surface area contributed by atoms with Crippen molar-refractivity contribution in [1.82, 2.24) is 14.8 Å². The lowest BCUT2D eigenvalue weighted by Crippen LogP contribution is -2.13. The van der Waals surface area contributed by atoms with Crippen molar-refractivity contribution < 1.29 is 9.84 Å². The smallest absolute Gasteiger partial charge is 0.133 e. The minimum Gasteiger partial charge on any atom is -0.383 e. The fraction of sp³-hybridized carbons (Fsp3) is 0.500. The highest BCUT2D eigenvalue weighted by molar-refractivity contribution is 7.11. The molecule has 0 saturated carbocycles. The molecule has 0 aliphatic rings. The van der Waals surface area contributed by atoms with E-state index in [1.807, 2.05) is 13.8 Å². The average Bonchev–Trinajstić information content (AvgIpc) is 2.89. The van der Waals surface area contributed by atoms with Gasteiger partial charge in [-0.25, -0.2) is 4.98 Å². The van der Waals surface area contributed by atoms with E-state index in [0.717, 1.165) is 15.6 Å². The van der Waals surface area contributed by atoms with E-state index in [2.05, 4.69) is 10.1 Å². The van der Waals surface area contributed by atoms with Crippen LogP contribution in [0.1, 0.15) is 27.4 Å². The molecule has 0 fully saturated rings. The number of aromatic nitrogens is 3. The van der Waals surface area contributed by atoms with Gasteiger partial charge in [0.25, 0.3) is 0 Å². The highest BCUT2D eigenvalue weighted by atomic mass is 35.5. The Morgan fingerprint density at radius 1 is 1.53 bits per heavy atom. The van der Waals surface area contributed by atoms with Gasteiger partial charge in [-0.2, -0.15) is 5.10 Å². The zero-order valence-electron chi connectivity index (χ0n) is 11.1. The third kappa shape index (κ3) is 2.97. The molecule has 2 heterocycles. The van der Waals surface area contributed by atoms with Gasteiger partial charge >= 0.3 is 0 Å². The molecule has 19 heavy (non-hydrogen) atoms. The van der Waals surface area contributed by atoms with Crippen molar-refractivity contribution in [1.29, 1.82) is 0 Å². The van der Waals surface area contributed by atoms with Crippen LogP contribution in [-0.2, 0) is 11.3 Å². The maximum atomic E-state index is 10.5. The molecule has 7 heteroatoms. The second-order valence-electron chi connectivity index (χ2n) is 4.18. The summed E-state index contributed by atoms with van der Waals surface area (Å²) >= 11 is 7.60. The Balaban J connectivity index is 2.35. The van der Waals surface area contributed by atoms with E-state index in [1.54, 1.807) is 18.0 Å². The fourth-order valence-electron chi connectivity index (χ4n) is 1.92. The predicted molar refractivity (Wildman–Crippen MR) is 74.8 cm³/mol. The Morgan fingerprint density at radius 2 is 2.26 bits per heavy atom. The van der Waals surface area contributed by atoms with Crippen LogP contribution in [0.2, 0.25) is 5.02 Å². The van der Waals surface area contributed by atoms with Crippen LogP contribution in [0.25, 0.3) is 0 Å². The summed E-state index contributed by atoms with van der Waals surface area (Å²) in [6.45, 7) is 4.86. The van der Waals surface area contributed by atoms with E-state index in [9.17, 15) is 5.11 Å². The highest BCUT2D eigenvalue weighted by Crippen LogP contribution is 2.33. The number of methoxy groups -OCH3 is 1. The lowest BCUT2D eigenvalue weighted by Gasteiger charge is -2.13. The van der Waals surface area contributed by atoms with Gasteiger partial charge in [0.2, 0.25) is 0 Å². The van der Waals surface area contributed by atoms with Crippen LogP contribution in [-0.4, -0.2) is 33.6 Å². The topological polar surface area (TPSA) is 60.2 Å². The quantitative estimate of drug-likeness (QED) is 0.921. The first-order chi connectivity index (χ1) is 9.04. The molecule has 0 saturated heterocycles. The fourth-order valence-corrected chi connectivity index (χ4v) is 3.09. The molecule has 0 aromatic carbocycles. The summed E-state index contributed by atoms with van der Waals surface area (Å²) in [5.74, 6) is 0. The molecule has 104 valence electrons. The van der Waals surface area contributed by atoms with E-state index in [1.165, 1.54) is 11.3 Å². The molecule has 0 amide bonds. The van der Waals surface area contributed by atoms with Gasteiger partial charge in [-0.3, -0.25) is 4.68 Å². The van der Waals surface area contributed by atoms with Crippen LogP contribution in [0, 0.1) is 13.8 Å². The van der Waals surface area contributed by atoms with Crippen molar-refractivity contribution in [3.8, 4) is 0 Å². The molecule has 2 aromatic rings. The number of rotatable bonds is 5. The molecular weight excluding hydrogens is 286 g/mol. The molecule has 1 unspecified atom stereocenters. The first-order valence-corrected chi connectivity index (χ1v) is 7.06. The number of hydrogen-bond acceptors (Lipinski definition) is 5. The largest absolute Gasteiger partial charge is 0.383 e. The molecule has 5 nitrogen and oxygen atoms in total. The van der Waals surface area contributed by atoms with Crippen LogP contribution in [0.3, 0.4) is 0 Å². The molecule has 0 aliphatic carbocycles. The zero-order chi connectivity index (χ0) is 14.0. The Hall–Kier alpha value is -0.950. The summed E-state index contributed by atoms with van der Waals surface area (Å²) < 4.78 is 6.70. The van der Waals surface area contributed by atoms with Crippen LogP contribution >= 0.6 is 22.9 Å². The SMILES string of the molecule is COCCn1ncc(Cl)c1C(O)c1sc(C)nc1C. The number of halogens is 1. The summed E-state index contributed by atoms with van der Waals surface area (Å²) in [6, 6.07) is 0. The maximum absolute atomic E-state index is 10.5. The molecule has 0 radical (unpaired) electrons. The van der Waals surface area contributed by atoms with Crippen molar-refractivity contribution in [2.75, 3.05) is 13.7 Å². The Morgan fingerprint density at radius 3 is 2.84 bits per heavy atom. The summed E-state index contributed by atoms with van der Waals surface area (Å²) in [6.07, 6.45) is 0.733. The zero-order valence-corrected chi connectivity index (χ0v) is 12.6. The number of ether oxygens (including phenoxy) is 1. The number of aliphatic hydroxyl groups excluding tert-OH is 1. The van der Waals surface area contributed by atoms with E-state index >= 15 is 0 Å². The predicted octanol–water partition coefficient (Wildman–Crippen LogP) is 2.34. The number of nitrogens with zero attached hydrogens (tertiary/aromatic N) is 3. The Bertz CT molecular complexity index is 567. The van der Waals surface area contributed by atoms with Gasteiger partial charge in [0.1, 0.15) is 6.10 Å². The first kappa shape index (κ1) is 14.5. The number of aryl methyl sites for hydroxylation is 2. The number of thiazole rings is 1. The third-order valence-corrected chi connectivity index (χ3v) is 4.20. The van der Waals surface area contributed by atoms with E-state index in [0.29, 0.717) is 23.9 Å².